The molecule has 0 amide bonds. The van der Waals surface area contributed by atoms with Crippen LogP contribution in [0.15, 0.2) is 91.0 Å². The van der Waals surface area contributed by atoms with E-state index in [0.717, 1.165) is 25.1 Å². The molecule has 0 heterocycles. The van der Waals surface area contributed by atoms with E-state index in [1.165, 1.54) is 21.6 Å². The van der Waals surface area contributed by atoms with Crippen molar-refractivity contribution >= 4 is 107 Å². The molecule has 0 aliphatic carbocycles. The van der Waals surface area contributed by atoms with Gasteiger partial charge in [0.2, 0.25) is 0 Å². The summed E-state index contributed by atoms with van der Waals surface area (Å²) in [7, 11) is 2.61. The zero-order valence-electron chi connectivity index (χ0n) is 15.4. The van der Waals surface area contributed by atoms with Gasteiger partial charge >= 0.3 is 0 Å². The minimum Gasteiger partial charge on any atom is -0.131 e. The summed E-state index contributed by atoms with van der Waals surface area (Å²) >= 11 is 26.9. The van der Waals surface area contributed by atoms with Crippen LogP contribution in [0.4, 0.5) is 0 Å². The van der Waals surface area contributed by atoms with E-state index in [0.29, 0.717) is 4.20 Å². The van der Waals surface area contributed by atoms with Crippen LogP contribution in [0.2, 0.25) is 0 Å². The third-order valence-corrected chi connectivity index (χ3v) is 7.31. The molecule has 0 aliphatic heterocycles. The van der Waals surface area contributed by atoms with E-state index in [1.807, 2.05) is 91.0 Å². The van der Waals surface area contributed by atoms with Crippen molar-refractivity contribution < 1.29 is 20.1 Å². The first-order valence-corrected chi connectivity index (χ1v) is 13.5. The average Bonchev–Trinajstić information content (AvgIpc) is 2.80. The summed E-state index contributed by atoms with van der Waals surface area (Å²) in [6, 6.07) is 29.4. The zero-order chi connectivity index (χ0) is 21.5. The van der Waals surface area contributed by atoms with Crippen molar-refractivity contribution in [2.24, 2.45) is 0 Å². The predicted octanol–water partition coefficient (Wildman–Crippen LogP) is 8.17. The molecule has 3 rings (SSSR count). The molecule has 3 aromatic rings. The van der Waals surface area contributed by atoms with Gasteiger partial charge in [-0.1, -0.05) is 128 Å². The summed E-state index contributed by atoms with van der Waals surface area (Å²) in [6.45, 7) is 0. The Morgan fingerprint density at radius 3 is 1.00 bits per heavy atom. The van der Waals surface area contributed by atoms with Gasteiger partial charge in [-0.05, 0) is 38.3 Å². The van der Waals surface area contributed by atoms with Crippen LogP contribution in [0.3, 0.4) is 0 Å². The van der Waals surface area contributed by atoms with Crippen LogP contribution in [0.5, 0.6) is 0 Å². The van der Waals surface area contributed by atoms with Crippen molar-refractivity contribution in [2.75, 3.05) is 0 Å². The van der Waals surface area contributed by atoms with E-state index in [2.05, 4.69) is 36.0 Å². The molecule has 0 nitrogen and oxygen atoms in total. The molecule has 30 heavy (non-hydrogen) atoms. The Labute approximate surface area is 232 Å². The van der Waals surface area contributed by atoms with Gasteiger partial charge in [0.05, 0.1) is 12.6 Å². The standard InChI is InChI=1S/2C7H6S3.C7H6S2.Tc/c2*8-7(10-9)6-4-2-1-3-5-6;8-7(9)6-4-2-1-3-5-6;/h2*1-5,9H;1-5H,(H,8,9);/i;;;1+1. The monoisotopic (exact) mass is 625 g/mol. The van der Waals surface area contributed by atoms with Gasteiger partial charge < -0.3 is 0 Å². The fourth-order valence-electron chi connectivity index (χ4n) is 1.83. The summed E-state index contributed by atoms with van der Waals surface area (Å²) < 4.78 is 2.29. The molecular formula is C21H18S8Tc. The smallest absolute Gasteiger partial charge is 0.0882 e. The molecule has 0 saturated carbocycles. The average molecular weight is 626 g/mol. The predicted molar refractivity (Wildman–Crippen MR) is 157 cm³/mol. The van der Waals surface area contributed by atoms with Gasteiger partial charge in [-0.2, -0.15) is 0 Å². The molecule has 0 atom stereocenters. The second-order valence-corrected chi connectivity index (χ2v) is 9.93. The molecule has 3 aromatic carbocycles. The van der Waals surface area contributed by atoms with E-state index < -0.39 is 0 Å². The van der Waals surface area contributed by atoms with E-state index in [4.69, 9.17) is 36.7 Å². The van der Waals surface area contributed by atoms with Crippen LogP contribution >= 0.6 is 94.2 Å². The first kappa shape index (κ1) is 30.3. The Balaban J connectivity index is 0.000000414. The van der Waals surface area contributed by atoms with Crippen molar-refractivity contribution in [2.45, 2.75) is 0 Å². The molecule has 0 N–H and O–H groups in total. The molecule has 0 aliphatic rings. The molecule has 0 fully saturated rings. The Bertz CT molecular complexity index is 835. The molecule has 157 valence electrons. The summed E-state index contributed by atoms with van der Waals surface area (Å²) in [6.07, 6.45) is 0. The Kier molecular flexibility index (Phi) is 19.1. The van der Waals surface area contributed by atoms with Gasteiger partial charge in [0, 0.05) is 20.1 Å². The maximum atomic E-state index is 5.01. The largest absolute Gasteiger partial charge is 0.131 e. The van der Waals surface area contributed by atoms with Crippen LogP contribution in [-0.2, 0) is 20.1 Å². The second-order valence-electron chi connectivity index (χ2n) is 5.16. The maximum Gasteiger partial charge on any atom is 0.0882 e. The van der Waals surface area contributed by atoms with Crippen molar-refractivity contribution in [3.05, 3.63) is 108 Å². The molecule has 0 unspecified atom stereocenters. The third kappa shape index (κ3) is 13.0. The quantitative estimate of drug-likeness (QED) is 0.152. The van der Waals surface area contributed by atoms with Gasteiger partial charge in [0.15, 0.2) is 0 Å². The number of hydrogen-bond donors (Lipinski definition) is 3. The normalized spacial score (nSPS) is 8.90. The summed E-state index contributed by atoms with van der Waals surface area (Å²) in [5, 5.41) is 0. The van der Waals surface area contributed by atoms with E-state index >= 15 is 0 Å². The molecular weight excluding hydrogens is 608 g/mol. The van der Waals surface area contributed by atoms with Gasteiger partial charge in [0.1, 0.15) is 0 Å². The SMILES string of the molecule is S=C(S)c1ccccc1.S=C(SS)c1ccccc1.S=C(SS)c1ccccc1.[99Tc]. The van der Waals surface area contributed by atoms with Gasteiger partial charge in [0.25, 0.3) is 0 Å². The summed E-state index contributed by atoms with van der Waals surface area (Å²) in [5.74, 6) is 0. The van der Waals surface area contributed by atoms with E-state index in [9.17, 15) is 0 Å². The Morgan fingerprint density at radius 2 is 0.800 bits per heavy atom. The molecule has 9 heteroatoms. The van der Waals surface area contributed by atoms with E-state index in [1.54, 1.807) is 0 Å². The minimum atomic E-state index is 0. The van der Waals surface area contributed by atoms with Gasteiger partial charge in [-0.25, -0.2) is 0 Å². The van der Waals surface area contributed by atoms with Gasteiger partial charge in [-0.3, -0.25) is 0 Å². The molecule has 0 saturated heterocycles. The number of thiocarbonyl (C=S) groups is 3. The van der Waals surface area contributed by atoms with Crippen LogP contribution in [0.25, 0.3) is 0 Å². The number of hydrogen-bond acceptors (Lipinski definition) is 7. The Hall–Kier alpha value is 0.329. The second kappa shape index (κ2) is 18.9. The fraction of sp³-hybridized carbons (Fsp3) is 0. The first-order chi connectivity index (χ1) is 14.0. The zero-order valence-corrected chi connectivity index (χ0v) is 24.0. The maximum absolute atomic E-state index is 5.01. The topological polar surface area (TPSA) is 0 Å². The fourth-order valence-corrected chi connectivity index (χ4v) is 3.51. The van der Waals surface area contributed by atoms with Crippen molar-refractivity contribution in [1.82, 2.24) is 0 Å². The molecule has 0 aromatic heterocycles. The Morgan fingerprint density at radius 1 is 0.533 bits per heavy atom. The summed E-state index contributed by atoms with van der Waals surface area (Å²) in [4.78, 5) is 0. The number of rotatable bonds is 3. The van der Waals surface area contributed by atoms with Crippen LogP contribution in [0, 0.1) is 0 Å². The van der Waals surface area contributed by atoms with Crippen molar-refractivity contribution in [3.8, 4) is 0 Å². The number of benzene rings is 3. The number of thiol groups is 3. The van der Waals surface area contributed by atoms with Crippen LogP contribution in [-0.4, -0.2) is 12.6 Å². The van der Waals surface area contributed by atoms with Crippen molar-refractivity contribution in [3.63, 3.8) is 0 Å². The third-order valence-electron chi connectivity index (χ3n) is 3.21. The molecule has 0 spiro atoms. The summed E-state index contributed by atoms with van der Waals surface area (Å²) in [5.41, 5.74) is 3.14. The van der Waals surface area contributed by atoms with E-state index in [-0.39, 0.29) is 20.1 Å². The minimum absolute atomic E-state index is 0. The van der Waals surface area contributed by atoms with Crippen molar-refractivity contribution in [1.29, 1.82) is 0 Å². The molecule has 0 bridgehead atoms. The first-order valence-electron chi connectivity index (χ1n) is 8.09. The van der Waals surface area contributed by atoms with Crippen LogP contribution in [0.1, 0.15) is 16.7 Å². The van der Waals surface area contributed by atoms with Crippen LogP contribution < -0.4 is 0 Å². The molecule has 1 radical (unpaired) electrons. The van der Waals surface area contributed by atoms with Gasteiger partial charge in [-0.15, -0.1) is 36.0 Å².